The van der Waals surface area contributed by atoms with Gasteiger partial charge in [-0.3, -0.25) is 19.1 Å². The first-order valence-corrected chi connectivity index (χ1v) is 7.78. The summed E-state index contributed by atoms with van der Waals surface area (Å²) in [7, 11) is 1.57. The molecule has 1 aliphatic heterocycles. The van der Waals surface area contributed by atoms with Gasteiger partial charge >= 0.3 is 5.76 Å². The fourth-order valence-corrected chi connectivity index (χ4v) is 3.31. The number of rotatable bonds is 2. The maximum Gasteiger partial charge on any atom is 0.419 e. The molecule has 0 unspecified atom stereocenters. The number of oxazole rings is 1. The smallest absolute Gasteiger partial charge is 0.407 e. The summed E-state index contributed by atoms with van der Waals surface area (Å²) in [5.41, 5.74) is 7.97. The average molecular weight is 337 g/mol. The lowest BCUT2D eigenvalue weighted by Gasteiger charge is -2.23. The topological polar surface area (TPSA) is 98.5 Å². The first-order chi connectivity index (χ1) is 12.0. The van der Waals surface area contributed by atoms with Crippen molar-refractivity contribution >= 4 is 28.6 Å². The molecule has 2 aromatic carbocycles. The van der Waals surface area contributed by atoms with Crippen molar-refractivity contribution in [1.29, 1.82) is 0 Å². The second kappa shape index (κ2) is 5.34. The van der Waals surface area contributed by atoms with Crippen molar-refractivity contribution in [2.75, 3.05) is 4.90 Å². The number of amides is 2. The largest absolute Gasteiger partial charge is 0.419 e. The van der Waals surface area contributed by atoms with Crippen molar-refractivity contribution in [2.24, 2.45) is 12.8 Å². The average Bonchev–Trinajstić information content (AvgIpc) is 3.13. The lowest BCUT2D eigenvalue weighted by molar-refractivity contribution is -0.119. The molecule has 1 aliphatic rings. The van der Waals surface area contributed by atoms with E-state index < -0.39 is 23.6 Å². The van der Waals surface area contributed by atoms with Crippen LogP contribution < -0.4 is 16.4 Å². The number of aryl methyl sites for hydroxylation is 1. The molecule has 0 saturated carbocycles. The molecule has 2 N–H and O–H groups in total. The predicted molar refractivity (Wildman–Crippen MR) is 91.4 cm³/mol. The number of carbonyl (C=O) groups excluding carboxylic acids is 2. The summed E-state index contributed by atoms with van der Waals surface area (Å²) in [5, 5.41) is 0. The molecule has 0 radical (unpaired) electrons. The van der Waals surface area contributed by atoms with Crippen LogP contribution in [0.25, 0.3) is 11.1 Å². The molecule has 0 bridgehead atoms. The Morgan fingerprint density at radius 1 is 1.16 bits per heavy atom. The minimum atomic E-state index is -0.768. The van der Waals surface area contributed by atoms with E-state index in [9.17, 15) is 14.4 Å². The van der Waals surface area contributed by atoms with Crippen molar-refractivity contribution < 1.29 is 14.0 Å². The van der Waals surface area contributed by atoms with Crippen molar-refractivity contribution in [3.05, 3.63) is 64.1 Å². The third kappa shape index (κ3) is 2.16. The van der Waals surface area contributed by atoms with Gasteiger partial charge in [-0.05, 0) is 23.8 Å². The second-order valence-corrected chi connectivity index (χ2v) is 6.01. The number of anilines is 1. The van der Waals surface area contributed by atoms with Crippen LogP contribution >= 0.6 is 0 Å². The number of primary amides is 1. The number of para-hydroxylation sites is 2. The lowest BCUT2D eigenvalue weighted by atomic mass is 10.1. The van der Waals surface area contributed by atoms with Gasteiger partial charge < -0.3 is 10.2 Å². The minimum absolute atomic E-state index is 0.201. The molecule has 7 heteroatoms. The molecule has 1 atom stereocenters. The van der Waals surface area contributed by atoms with Crippen LogP contribution in [-0.4, -0.2) is 22.4 Å². The molecular formula is C18H15N3O4. The summed E-state index contributed by atoms with van der Waals surface area (Å²) in [4.78, 5) is 38.3. The van der Waals surface area contributed by atoms with Gasteiger partial charge in [-0.25, -0.2) is 4.79 Å². The molecule has 0 fully saturated rings. The van der Waals surface area contributed by atoms with E-state index in [2.05, 4.69) is 0 Å². The van der Waals surface area contributed by atoms with Crippen molar-refractivity contribution in [2.45, 2.75) is 12.5 Å². The van der Waals surface area contributed by atoms with Crippen LogP contribution in [0.3, 0.4) is 0 Å². The first-order valence-electron chi connectivity index (χ1n) is 7.78. The Kier molecular flexibility index (Phi) is 3.24. The second-order valence-electron chi connectivity index (χ2n) is 6.01. The van der Waals surface area contributed by atoms with Crippen LogP contribution in [-0.2, 0) is 18.3 Å². The molecule has 7 nitrogen and oxygen atoms in total. The van der Waals surface area contributed by atoms with Crippen molar-refractivity contribution in [1.82, 2.24) is 4.57 Å². The number of fused-ring (bicyclic) bond motifs is 2. The van der Waals surface area contributed by atoms with E-state index in [4.69, 9.17) is 10.2 Å². The molecule has 4 rings (SSSR count). The molecule has 0 spiro atoms. The van der Waals surface area contributed by atoms with Gasteiger partial charge in [-0.15, -0.1) is 0 Å². The molecule has 3 aromatic rings. The summed E-state index contributed by atoms with van der Waals surface area (Å²) in [5.74, 6) is -1.55. The fourth-order valence-electron chi connectivity index (χ4n) is 3.31. The van der Waals surface area contributed by atoms with E-state index in [1.165, 1.54) is 9.47 Å². The zero-order valence-electron chi connectivity index (χ0n) is 13.4. The molecule has 2 amide bonds. The van der Waals surface area contributed by atoms with Crippen molar-refractivity contribution in [3.8, 4) is 0 Å². The minimum Gasteiger partial charge on any atom is -0.407 e. The number of hydrogen-bond acceptors (Lipinski definition) is 4. The highest BCUT2D eigenvalue weighted by Gasteiger charge is 2.38. The van der Waals surface area contributed by atoms with Gasteiger partial charge in [0.15, 0.2) is 5.58 Å². The maximum absolute atomic E-state index is 13.2. The first kappa shape index (κ1) is 15.2. The SMILES string of the molecule is Cn1c(=O)oc2c(C(=O)N3c4ccccc4C[C@H]3C(N)=O)cccc21. The lowest BCUT2D eigenvalue weighted by Crippen LogP contribution is -2.46. The standard InChI is InChI=1S/C18H15N3O4/c1-20-13-8-4-6-11(15(13)25-18(20)24)17(23)21-12-7-3-2-5-10(12)9-14(21)16(19)22/h2-8,14H,9H2,1H3,(H2,19,22)/t14-/m0/s1. The number of benzene rings is 2. The monoisotopic (exact) mass is 337 g/mol. The van der Waals surface area contributed by atoms with Gasteiger partial charge in [0, 0.05) is 19.2 Å². The van der Waals surface area contributed by atoms with Crippen LogP contribution in [0.5, 0.6) is 0 Å². The Morgan fingerprint density at radius 3 is 2.68 bits per heavy atom. The third-order valence-electron chi connectivity index (χ3n) is 4.57. The number of hydrogen-bond donors (Lipinski definition) is 1. The van der Waals surface area contributed by atoms with Gasteiger partial charge in [0.05, 0.1) is 11.1 Å². The summed E-state index contributed by atoms with van der Waals surface area (Å²) >= 11 is 0. The van der Waals surface area contributed by atoms with E-state index in [1.807, 2.05) is 12.1 Å². The molecular weight excluding hydrogens is 322 g/mol. The quantitative estimate of drug-likeness (QED) is 0.759. The number of nitrogens with two attached hydrogens (primary N) is 1. The van der Waals surface area contributed by atoms with Gasteiger partial charge in [0.2, 0.25) is 5.91 Å². The Morgan fingerprint density at radius 2 is 1.92 bits per heavy atom. The molecule has 1 aromatic heterocycles. The molecule has 25 heavy (non-hydrogen) atoms. The molecule has 2 heterocycles. The Labute approximate surface area is 142 Å². The van der Waals surface area contributed by atoms with E-state index >= 15 is 0 Å². The van der Waals surface area contributed by atoms with Crippen LogP contribution in [0.2, 0.25) is 0 Å². The number of nitrogens with zero attached hydrogens (tertiary/aromatic N) is 2. The van der Waals surface area contributed by atoms with Gasteiger partial charge in [-0.1, -0.05) is 24.3 Å². The highest BCUT2D eigenvalue weighted by Crippen LogP contribution is 2.34. The van der Waals surface area contributed by atoms with Crippen molar-refractivity contribution in [3.63, 3.8) is 0 Å². The zero-order chi connectivity index (χ0) is 17.7. The van der Waals surface area contributed by atoms with Crippen LogP contribution in [0.1, 0.15) is 15.9 Å². The summed E-state index contributed by atoms with van der Waals surface area (Å²) in [6, 6.07) is 11.5. The van der Waals surface area contributed by atoms with Gasteiger partial charge in [-0.2, -0.15) is 0 Å². The van der Waals surface area contributed by atoms with E-state index in [-0.39, 0.29) is 11.1 Å². The van der Waals surface area contributed by atoms with E-state index in [0.717, 1.165) is 5.56 Å². The Bertz CT molecular complexity index is 1080. The Hall–Kier alpha value is -3.35. The molecule has 126 valence electrons. The highest BCUT2D eigenvalue weighted by atomic mass is 16.4. The normalized spacial score (nSPS) is 16.2. The highest BCUT2D eigenvalue weighted by molar-refractivity contribution is 6.15. The van der Waals surface area contributed by atoms with Gasteiger partial charge in [0.1, 0.15) is 6.04 Å². The predicted octanol–water partition coefficient (Wildman–Crippen LogP) is 1.19. The van der Waals surface area contributed by atoms with E-state index in [0.29, 0.717) is 17.6 Å². The van der Waals surface area contributed by atoms with Crippen LogP contribution in [0, 0.1) is 0 Å². The Balaban J connectivity index is 1.89. The molecule has 0 aliphatic carbocycles. The molecule has 0 saturated heterocycles. The van der Waals surface area contributed by atoms with Gasteiger partial charge in [0.25, 0.3) is 5.91 Å². The van der Waals surface area contributed by atoms with Crippen LogP contribution in [0.15, 0.2) is 51.7 Å². The fraction of sp³-hybridized carbons (Fsp3) is 0.167. The van der Waals surface area contributed by atoms with Crippen LogP contribution in [0.4, 0.5) is 5.69 Å². The number of aromatic nitrogens is 1. The number of carbonyl (C=O) groups is 2. The summed E-state index contributed by atoms with van der Waals surface area (Å²) in [6.45, 7) is 0. The third-order valence-corrected chi connectivity index (χ3v) is 4.57. The maximum atomic E-state index is 13.2. The zero-order valence-corrected chi connectivity index (χ0v) is 13.4. The van der Waals surface area contributed by atoms with E-state index in [1.54, 1.807) is 37.4 Å². The summed E-state index contributed by atoms with van der Waals surface area (Å²) in [6.07, 6.45) is 0.367. The summed E-state index contributed by atoms with van der Waals surface area (Å²) < 4.78 is 6.57.